The lowest BCUT2D eigenvalue weighted by Gasteiger charge is -2.36. The number of benzene rings is 1. The second-order valence-electron chi connectivity index (χ2n) is 7.12. The maximum absolute atomic E-state index is 13.9. The minimum absolute atomic E-state index is 0.0164. The summed E-state index contributed by atoms with van der Waals surface area (Å²) in [6.07, 6.45) is -0.270. The normalized spacial score (nSPS) is 18.5. The Balaban J connectivity index is 2.58. The van der Waals surface area contributed by atoms with Crippen LogP contribution in [0.4, 0.5) is 0 Å². The number of hydrogen-bond donors (Lipinski definition) is 0. The Morgan fingerprint density at radius 1 is 0.903 bits per heavy atom. The minimum atomic E-state index is -4.19. The van der Waals surface area contributed by atoms with Crippen LogP contribution in [-0.2, 0) is 27.2 Å². The van der Waals surface area contributed by atoms with Crippen LogP contribution in [0.5, 0.6) is 0 Å². The van der Waals surface area contributed by atoms with Crippen LogP contribution in [0.15, 0.2) is 28.4 Å². The van der Waals surface area contributed by atoms with Crippen LogP contribution in [0.1, 0.15) is 55.6 Å². The number of ketones is 1. The smallest absolute Gasteiger partial charge is 0.307 e. The Hall–Kier alpha value is -1.21. The molecule has 0 bridgehead atoms. The highest BCUT2D eigenvalue weighted by Crippen LogP contribution is 2.81. The van der Waals surface area contributed by atoms with Crippen LogP contribution in [-0.4, -0.2) is 43.3 Å². The van der Waals surface area contributed by atoms with Crippen molar-refractivity contribution in [2.24, 2.45) is 10.2 Å². The lowest BCUT2D eigenvalue weighted by Crippen LogP contribution is -2.33. The highest BCUT2D eigenvalue weighted by Gasteiger charge is 2.69. The number of nitrogens with zero attached hydrogens (tertiary/aromatic N) is 2. The molecule has 1 aromatic rings. The van der Waals surface area contributed by atoms with Crippen molar-refractivity contribution in [2.75, 3.05) is 26.4 Å². The van der Waals surface area contributed by atoms with Gasteiger partial charge in [-0.15, -0.1) is 0 Å². The minimum Gasteiger partial charge on any atom is -0.307 e. The summed E-state index contributed by atoms with van der Waals surface area (Å²) in [5, 5.41) is 6.18. The molecular weight excluding hydrogens is 442 g/mol. The lowest BCUT2D eigenvalue weighted by molar-refractivity contribution is 0.0960. The van der Waals surface area contributed by atoms with Gasteiger partial charge in [-0.1, -0.05) is 17.2 Å². The monoisotopic (exact) mass is 474 g/mol. The SMILES string of the molecule is CCOP(=O)(OCC)C1(P(=O)(OCC)OCC)CC(C(=O)c2cc(C)cc(C)c2)N=N1. The number of rotatable bonds is 12. The van der Waals surface area contributed by atoms with Gasteiger partial charge < -0.3 is 18.1 Å². The van der Waals surface area contributed by atoms with Crippen molar-refractivity contribution in [3.05, 3.63) is 34.9 Å². The zero-order valence-electron chi connectivity index (χ0n) is 19.0. The molecule has 0 aliphatic carbocycles. The zero-order valence-corrected chi connectivity index (χ0v) is 20.8. The van der Waals surface area contributed by atoms with Crippen LogP contribution in [0.3, 0.4) is 0 Å². The predicted octanol–water partition coefficient (Wildman–Crippen LogP) is 5.90. The maximum atomic E-state index is 13.9. The lowest BCUT2D eigenvalue weighted by atomic mass is 9.99. The van der Waals surface area contributed by atoms with Gasteiger partial charge in [-0.25, -0.2) is 0 Å². The van der Waals surface area contributed by atoms with Crippen LogP contribution >= 0.6 is 15.2 Å². The summed E-state index contributed by atoms with van der Waals surface area (Å²) in [7, 11) is -8.38. The van der Waals surface area contributed by atoms with Gasteiger partial charge >= 0.3 is 15.2 Å². The summed E-state index contributed by atoms with van der Waals surface area (Å²) in [5.41, 5.74) is 2.30. The van der Waals surface area contributed by atoms with Gasteiger partial charge in [0.15, 0.2) is 5.78 Å². The van der Waals surface area contributed by atoms with Crippen molar-refractivity contribution in [3.63, 3.8) is 0 Å². The Kier molecular flexibility index (Phi) is 8.91. The van der Waals surface area contributed by atoms with E-state index in [1.807, 2.05) is 19.9 Å². The average molecular weight is 474 g/mol. The van der Waals surface area contributed by atoms with Gasteiger partial charge in [0.2, 0.25) is 0 Å². The molecule has 0 saturated carbocycles. The maximum Gasteiger partial charge on any atom is 0.372 e. The van der Waals surface area contributed by atoms with Crippen molar-refractivity contribution in [2.45, 2.75) is 59.0 Å². The fourth-order valence-corrected chi connectivity index (χ4v) is 8.95. The molecular formula is C20H32N2O7P2. The number of carbonyl (C=O) groups excluding carboxylic acids is 1. The van der Waals surface area contributed by atoms with Gasteiger partial charge in [-0.3, -0.25) is 13.9 Å². The topological polar surface area (TPSA) is 113 Å². The highest BCUT2D eigenvalue weighted by molar-refractivity contribution is 7.74. The first kappa shape index (κ1) is 26.0. The first-order valence-electron chi connectivity index (χ1n) is 10.4. The summed E-state index contributed by atoms with van der Waals surface area (Å²) in [4.78, 5) is 13.2. The summed E-state index contributed by atoms with van der Waals surface area (Å²) < 4.78 is 49.8. The largest absolute Gasteiger partial charge is 0.372 e. The molecule has 0 aromatic heterocycles. The molecule has 0 fully saturated rings. The van der Waals surface area contributed by atoms with Crippen molar-refractivity contribution in [1.82, 2.24) is 0 Å². The molecule has 174 valence electrons. The second kappa shape index (κ2) is 10.6. The third-order valence-electron chi connectivity index (χ3n) is 4.71. The van der Waals surface area contributed by atoms with E-state index < -0.39 is 26.3 Å². The molecule has 1 unspecified atom stereocenters. The van der Waals surface area contributed by atoms with Crippen LogP contribution in [0.25, 0.3) is 0 Å². The number of aryl methyl sites for hydroxylation is 2. The van der Waals surface area contributed by atoms with E-state index in [9.17, 15) is 13.9 Å². The molecule has 0 amide bonds. The van der Waals surface area contributed by atoms with Crippen molar-refractivity contribution < 1.29 is 32.0 Å². The predicted molar refractivity (Wildman–Crippen MR) is 118 cm³/mol. The second-order valence-corrected chi connectivity index (χ2v) is 12.0. The molecule has 0 N–H and O–H groups in total. The Bertz CT molecular complexity index is 849. The standard InChI is InChI=1S/C20H32N2O7P2/c1-7-26-30(24,27-8-2)20(31(25,28-9-3)29-10-4)14-18(21-22-20)19(23)17-12-15(5)11-16(6)13-17/h11-13,18H,7-10,14H2,1-6H3. The fourth-order valence-electron chi connectivity index (χ4n) is 3.61. The summed E-state index contributed by atoms with van der Waals surface area (Å²) in [5.74, 6) is -0.323. The van der Waals surface area contributed by atoms with E-state index in [4.69, 9.17) is 18.1 Å². The molecule has 2 rings (SSSR count). The van der Waals surface area contributed by atoms with Crippen molar-refractivity contribution >= 4 is 21.0 Å². The highest BCUT2D eigenvalue weighted by atomic mass is 31.2. The summed E-state index contributed by atoms with van der Waals surface area (Å²) in [6.45, 7) is 10.4. The average Bonchev–Trinajstić information content (AvgIpc) is 3.15. The molecule has 31 heavy (non-hydrogen) atoms. The molecule has 1 atom stereocenters. The summed E-state index contributed by atoms with van der Waals surface area (Å²) >= 11 is 0. The fraction of sp³-hybridized carbons (Fsp3) is 0.650. The molecule has 1 aliphatic heterocycles. The van der Waals surface area contributed by atoms with Gasteiger partial charge in [0.25, 0.3) is 5.02 Å². The number of hydrogen-bond acceptors (Lipinski definition) is 9. The van der Waals surface area contributed by atoms with E-state index in [1.54, 1.807) is 39.8 Å². The zero-order chi connectivity index (χ0) is 23.3. The molecule has 0 saturated heterocycles. The van der Waals surface area contributed by atoms with Gasteiger partial charge in [-0.05, 0) is 53.7 Å². The van der Waals surface area contributed by atoms with E-state index in [1.165, 1.54) is 0 Å². The van der Waals surface area contributed by atoms with E-state index in [2.05, 4.69) is 10.2 Å². The van der Waals surface area contributed by atoms with Crippen molar-refractivity contribution in [1.29, 1.82) is 0 Å². The van der Waals surface area contributed by atoms with Gasteiger partial charge in [0.1, 0.15) is 6.04 Å². The number of Topliss-reactive ketones (excluding diaryl/α,β-unsaturated/α-hetero) is 1. The third-order valence-corrected chi connectivity index (χ3v) is 10.9. The Morgan fingerprint density at radius 2 is 1.32 bits per heavy atom. The first-order valence-corrected chi connectivity index (χ1v) is 13.5. The number of carbonyl (C=O) groups is 1. The van der Waals surface area contributed by atoms with Crippen molar-refractivity contribution in [3.8, 4) is 0 Å². The van der Waals surface area contributed by atoms with E-state index in [0.29, 0.717) is 5.56 Å². The Labute approximate surface area is 184 Å². The quantitative estimate of drug-likeness (QED) is 0.274. The molecule has 9 nitrogen and oxygen atoms in total. The molecule has 1 heterocycles. The number of azo groups is 1. The van der Waals surface area contributed by atoms with Crippen LogP contribution in [0, 0.1) is 13.8 Å². The van der Waals surface area contributed by atoms with E-state index in [0.717, 1.165) is 11.1 Å². The molecule has 0 radical (unpaired) electrons. The van der Waals surface area contributed by atoms with Gasteiger partial charge in [0, 0.05) is 12.0 Å². The van der Waals surface area contributed by atoms with E-state index in [-0.39, 0.29) is 38.6 Å². The molecule has 11 heteroatoms. The Morgan fingerprint density at radius 3 is 1.71 bits per heavy atom. The molecule has 1 aliphatic rings. The molecule has 0 spiro atoms. The van der Waals surface area contributed by atoms with E-state index >= 15 is 0 Å². The molecule has 1 aromatic carbocycles. The summed E-state index contributed by atoms with van der Waals surface area (Å²) in [6, 6.07) is 4.43. The first-order chi connectivity index (χ1) is 14.6. The van der Waals surface area contributed by atoms with Gasteiger partial charge in [0.05, 0.1) is 26.4 Å². The van der Waals surface area contributed by atoms with Crippen LogP contribution in [0.2, 0.25) is 0 Å². The van der Waals surface area contributed by atoms with Crippen LogP contribution < -0.4 is 0 Å². The van der Waals surface area contributed by atoms with Gasteiger partial charge in [-0.2, -0.15) is 10.2 Å². The third kappa shape index (κ3) is 5.08.